The third-order valence-electron chi connectivity index (χ3n) is 2.88. The fourth-order valence-corrected chi connectivity index (χ4v) is 2.33. The fraction of sp³-hybridized carbons (Fsp3) is 0.125. The summed E-state index contributed by atoms with van der Waals surface area (Å²) >= 11 is 17.6. The highest BCUT2D eigenvalue weighted by Gasteiger charge is 2.11. The standard InChI is InChI=1S/C16H13Cl3N2O3/c1-9-3-2-4-10(5-9)16(20)21-24-15(22)8-23-14-7-12(18)11(17)6-13(14)19/h2-7H,8H2,1H3,(H2,20,21). The van der Waals surface area contributed by atoms with Gasteiger partial charge in [0, 0.05) is 11.6 Å². The van der Waals surface area contributed by atoms with E-state index in [2.05, 4.69) is 5.16 Å². The van der Waals surface area contributed by atoms with E-state index in [0.29, 0.717) is 5.56 Å². The van der Waals surface area contributed by atoms with Crippen molar-refractivity contribution in [3.05, 3.63) is 62.6 Å². The molecule has 0 amide bonds. The second kappa shape index (κ2) is 8.24. The van der Waals surface area contributed by atoms with E-state index >= 15 is 0 Å². The predicted molar refractivity (Wildman–Crippen MR) is 95.0 cm³/mol. The molecule has 0 radical (unpaired) electrons. The molecule has 0 aliphatic rings. The van der Waals surface area contributed by atoms with E-state index in [0.717, 1.165) is 5.56 Å². The molecule has 0 saturated carbocycles. The molecule has 0 fully saturated rings. The molecule has 24 heavy (non-hydrogen) atoms. The van der Waals surface area contributed by atoms with E-state index < -0.39 is 12.6 Å². The number of nitrogens with zero attached hydrogens (tertiary/aromatic N) is 1. The van der Waals surface area contributed by atoms with Gasteiger partial charge in [-0.1, -0.05) is 63.7 Å². The number of rotatable bonds is 5. The average molecular weight is 388 g/mol. The van der Waals surface area contributed by atoms with Gasteiger partial charge in [-0.15, -0.1) is 0 Å². The first-order chi connectivity index (χ1) is 11.4. The second-order valence-corrected chi connectivity index (χ2v) is 6.02. The summed E-state index contributed by atoms with van der Waals surface area (Å²) in [5, 5.41) is 4.35. The summed E-state index contributed by atoms with van der Waals surface area (Å²) in [5.74, 6) is -0.453. The zero-order chi connectivity index (χ0) is 17.7. The third-order valence-corrected chi connectivity index (χ3v) is 3.90. The van der Waals surface area contributed by atoms with Crippen LogP contribution in [-0.4, -0.2) is 18.4 Å². The topological polar surface area (TPSA) is 73.9 Å². The van der Waals surface area contributed by atoms with Crippen LogP contribution in [0.1, 0.15) is 11.1 Å². The Morgan fingerprint density at radius 1 is 1.12 bits per heavy atom. The van der Waals surface area contributed by atoms with Gasteiger partial charge in [0.25, 0.3) is 0 Å². The van der Waals surface area contributed by atoms with Crippen LogP contribution < -0.4 is 10.5 Å². The van der Waals surface area contributed by atoms with Crippen molar-refractivity contribution < 1.29 is 14.4 Å². The average Bonchev–Trinajstić information content (AvgIpc) is 2.54. The van der Waals surface area contributed by atoms with E-state index in [1.165, 1.54) is 12.1 Å². The van der Waals surface area contributed by atoms with Gasteiger partial charge in [0.2, 0.25) is 0 Å². The summed E-state index contributed by atoms with van der Waals surface area (Å²) in [6.07, 6.45) is 0. The van der Waals surface area contributed by atoms with Crippen LogP contribution in [0.5, 0.6) is 5.75 Å². The molecule has 2 aromatic carbocycles. The summed E-state index contributed by atoms with van der Waals surface area (Å²) < 4.78 is 5.23. The fourth-order valence-electron chi connectivity index (χ4n) is 1.74. The Labute approximate surface area is 153 Å². The van der Waals surface area contributed by atoms with Gasteiger partial charge in [0.1, 0.15) is 5.75 Å². The molecule has 5 nitrogen and oxygen atoms in total. The number of halogens is 3. The second-order valence-electron chi connectivity index (χ2n) is 4.79. The van der Waals surface area contributed by atoms with Gasteiger partial charge in [-0.25, -0.2) is 4.79 Å². The Kier molecular flexibility index (Phi) is 6.31. The van der Waals surface area contributed by atoms with Crippen LogP contribution in [0.3, 0.4) is 0 Å². The van der Waals surface area contributed by atoms with Gasteiger partial charge in [0.15, 0.2) is 12.4 Å². The van der Waals surface area contributed by atoms with Gasteiger partial charge in [-0.05, 0) is 19.1 Å². The highest BCUT2D eigenvalue weighted by Crippen LogP contribution is 2.33. The van der Waals surface area contributed by atoms with Crippen molar-refractivity contribution in [3.63, 3.8) is 0 Å². The van der Waals surface area contributed by atoms with Gasteiger partial charge < -0.3 is 15.3 Å². The van der Waals surface area contributed by atoms with Crippen molar-refractivity contribution in [1.29, 1.82) is 0 Å². The maximum Gasteiger partial charge on any atom is 0.372 e. The molecule has 8 heteroatoms. The summed E-state index contributed by atoms with van der Waals surface area (Å²) in [6.45, 7) is 1.50. The molecule has 0 saturated heterocycles. The molecule has 2 N–H and O–H groups in total. The Balaban J connectivity index is 1.94. The van der Waals surface area contributed by atoms with Crippen molar-refractivity contribution in [2.75, 3.05) is 6.61 Å². The molecule has 0 aliphatic carbocycles. The van der Waals surface area contributed by atoms with Crippen molar-refractivity contribution in [3.8, 4) is 5.75 Å². The molecule has 0 spiro atoms. The van der Waals surface area contributed by atoms with E-state index in [1.54, 1.807) is 6.07 Å². The summed E-state index contributed by atoms with van der Waals surface area (Å²) in [7, 11) is 0. The molecule has 126 valence electrons. The molecule has 2 aromatic rings. The van der Waals surface area contributed by atoms with Crippen LogP contribution in [0, 0.1) is 6.92 Å². The minimum atomic E-state index is -0.743. The molecular weight excluding hydrogens is 375 g/mol. The number of hydrogen-bond donors (Lipinski definition) is 1. The van der Waals surface area contributed by atoms with E-state index in [9.17, 15) is 4.79 Å². The summed E-state index contributed by atoms with van der Waals surface area (Å²) in [6, 6.07) is 10.1. The number of oxime groups is 1. The Morgan fingerprint density at radius 3 is 2.54 bits per heavy atom. The van der Waals surface area contributed by atoms with Crippen molar-refractivity contribution in [2.45, 2.75) is 6.92 Å². The van der Waals surface area contributed by atoms with E-state index in [-0.39, 0.29) is 26.7 Å². The van der Waals surface area contributed by atoms with Crippen LogP contribution in [0.15, 0.2) is 41.6 Å². The molecule has 0 unspecified atom stereocenters. The number of aryl methyl sites for hydroxylation is 1. The number of carbonyl (C=O) groups is 1. The molecule has 0 aromatic heterocycles. The maximum absolute atomic E-state index is 11.7. The van der Waals surface area contributed by atoms with Gasteiger partial charge >= 0.3 is 5.97 Å². The third kappa shape index (κ3) is 5.03. The Bertz CT molecular complexity index is 794. The lowest BCUT2D eigenvalue weighted by molar-refractivity contribution is -0.146. The molecule has 0 bridgehead atoms. The lowest BCUT2D eigenvalue weighted by atomic mass is 10.1. The highest BCUT2D eigenvalue weighted by atomic mass is 35.5. The highest BCUT2D eigenvalue weighted by molar-refractivity contribution is 6.43. The van der Waals surface area contributed by atoms with Crippen LogP contribution in [0.2, 0.25) is 15.1 Å². The minimum Gasteiger partial charge on any atom is -0.480 e. The maximum atomic E-state index is 11.7. The van der Waals surface area contributed by atoms with Gasteiger partial charge in [0.05, 0.1) is 15.1 Å². The van der Waals surface area contributed by atoms with E-state index in [4.69, 9.17) is 50.1 Å². The first-order valence-electron chi connectivity index (χ1n) is 6.74. The lowest BCUT2D eigenvalue weighted by Gasteiger charge is -2.08. The van der Waals surface area contributed by atoms with Crippen LogP contribution >= 0.6 is 34.8 Å². The molecule has 0 aliphatic heterocycles. The van der Waals surface area contributed by atoms with Crippen LogP contribution in [-0.2, 0) is 9.63 Å². The number of hydrogen-bond acceptors (Lipinski definition) is 4. The number of carbonyl (C=O) groups excluding carboxylic acids is 1. The zero-order valence-electron chi connectivity index (χ0n) is 12.6. The first-order valence-corrected chi connectivity index (χ1v) is 7.88. The molecular formula is C16H13Cl3N2O3. The van der Waals surface area contributed by atoms with Crippen LogP contribution in [0.25, 0.3) is 0 Å². The SMILES string of the molecule is Cc1cccc(/C(N)=N\OC(=O)COc2cc(Cl)c(Cl)cc2Cl)c1. The number of nitrogens with two attached hydrogens (primary N) is 1. The summed E-state index contributed by atoms with van der Waals surface area (Å²) in [5.41, 5.74) is 7.42. The lowest BCUT2D eigenvalue weighted by Crippen LogP contribution is -2.18. The number of benzene rings is 2. The van der Waals surface area contributed by atoms with Crippen molar-refractivity contribution >= 4 is 46.6 Å². The Hall–Kier alpha value is -1.95. The minimum absolute atomic E-state index is 0.0830. The van der Waals surface area contributed by atoms with Crippen molar-refractivity contribution in [2.24, 2.45) is 10.9 Å². The molecule has 0 atom stereocenters. The smallest absolute Gasteiger partial charge is 0.372 e. The molecule has 0 heterocycles. The largest absolute Gasteiger partial charge is 0.480 e. The Morgan fingerprint density at radius 2 is 1.83 bits per heavy atom. The predicted octanol–water partition coefficient (Wildman–Crippen LogP) is 4.20. The van der Waals surface area contributed by atoms with Crippen molar-refractivity contribution in [1.82, 2.24) is 0 Å². The van der Waals surface area contributed by atoms with Gasteiger partial charge in [-0.2, -0.15) is 0 Å². The first kappa shape index (κ1) is 18.4. The molecule has 2 rings (SSSR count). The monoisotopic (exact) mass is 386 g/mol. The zero-order valence-corrected chi connectivity index (χ0v) is 14.8. The normalized spacial score (nSPS) is 11.2. The van der Waals surface area contributed by atoms with Crippen LogP contribution in [0.4, 0.5) is 0 Å². The number of amidine groups is 1. The quantitative estimate of drug-likeness (QED) is 0.274. The number of ether oxygens (including phenoxy) is 1. The van der Waals surface area contributed by atoms with E-state index in [1.807, 2.05) is 25.1 Å². The van der Waals surface area contributed by atoms with Gasteiger partial charge in [-0.3, -0.25) is 0 Å². The summed E-state index contributed by atoms with van der Waals surface area (Å²) in [4.78, 5) is 16.4.